The molecule has 1 aliphatic rings. The van der Waals surface area contributed by atoms with Crippen LogP contribution >= 0.6 is 0 Å². The predicted octanol–water partition coefficient (Wildman–Crippen LogP) is 4.28. The van der Waals surface area contributed by atoms with Crippen LogP contribution in [0.5, 0.6) is 0 Å². The average Bonchev–Trinajstić information content (AvgIpc) is 2.76. The first-order valence-corrected chi connectivity index (χ1v) is 9.48. The Balaban J connectivity index is 1.41. The van der Waals surface area contributed by atoms with Gasteiger partial charge in [-0.3, -0.25) is 4.79 Å². The van der Waals surface area contributed by atoms with Crippen LogP contribution in [0.25, 0.3) is 11.1 Å². The molecular formula is C22H20F2N4O. The lowest BCUT2D eigenvalue weighted by Gasteiger charge is -2.32. The molecule has 0 spiro atoms. The van der Waals surface area contributed by atoms with Gasteiger partial charge < -0.3 is 10.2 Å². The van der Waals surface area contributed by atoms with E-state index >= 15 is 0 Å². The van der Waals surface area contributed by atoms with Gasteiger partial charge in [0, 0.05) is 36.7 Å². The van der Waals surface area contributed by atoms with Gasteiger partial charge in [0.15, 0.2) is 0 Å². The number of hydrogen-bond acceptors (Lipinski definition) is 4. The molecule has 0 bridgehead atoms. The van der Waals surface area contributed by atoms with Crippen molar-refractivity contribution in [2.45, 2.75) is 12.8 Å². The lowest BCUT2D eigenvalue weighted by molar-refractivity contribution is -0.120. The Kier molecular flexibility index (Phi) is 5.46. The van der Waals surface area contributed by atoms with Crippen LogP contribution in [0.1, 0.15) is 12.8 Å². The number of piperidine rings is 1. The Morgan fingerprint density at radius 1 is 0.931 bits per heavy atom. The number of carbonyl (C=O) groups is 1. The Labute approximate surface area is 167 Å². The third-order valence-corrected chi connectivity index (χ3v) is 5.00. The summed E-state index contributed by atoms with van der Waals surface area (Å²) in [6.45, 7) is 1.29. The number of nitrogens with zero attached hydrogens (tertiary/aromatic N) is 3. The SMILES string of the molecule is O=C(Nc1ccc(F)cc1)[C@H]1CCCN(c2ncc(-c3ccc(F)cc3)cn2)C1. The predicted molar refractivity (Wildman–Crippen MR) is 107 cm³/mol. The maximum absolute atomic E-state index is 13.1. The van der Waals surface area contributed by atoms with Crippen molar-refractivity contribution in [1.29, 1.82) is 0 Å². The maximum Gasteiger partial charge on any atom is 0.229 e. The molecule has 5 nitrogen and oxygen atoms in total. The van der Waals surface area contributed by atoms with Crippen LogP contribution in [0.3, 0.4) is 0 Å². The second kappa shape index (κ2) is 8.34. The zero-order valence-electron chi connectivity index (χ0n) is 15.7. The molecule has 1 aromatic heterocycles. The lowest BCUT2D eigenvalue weighted by Crippen LogP contribution is -2.41. The van der Waals surface area contributed by atoms with Crippen LogP contribution in [-0.2, 0) is 4.79 Å². The summed E-state index contributed by atoms with van der Waals surface area (Å²) in [5.41, 5.74) is 2.22. The number of anilines is 2. The summed E-state index contributed by atoms with van der Waals surface area (Å²) in [6, 6.07) is 11.9. The number of nitrogens with one attached hydrogen (secondary N) is 1. The number of rotatable bonds is 4. The Bertz CT molecular complexity index is 975. The summed E-state index contributed by atoms with van der Waals surface area (Å²) >= 11 is 0. The highest BCUT2D eigenvalue weighted by molar-refractivity contribution is 5.93. The monoisotopic (exact) mass is 394 g/mol. The molecule has 1 saturated heterocycles. The van der Waals surface area contributed by atoms with E-state index in [1.54, 1.807) is 36.7 Å². The van der Waals surface area contributed by atoms with E-state index in [0.29, 0.717) is 18.2 Å². The van der Waals surface area contributed by atoms with Gasteiger partial charge in [-0.2, -0.15) is 0 Å². The molecule has 1 N–H and O–H groups in total. The van der Waals surface area contributed by atoms with Crippen molar-refractivity contribution in [3.63, 3.8) is 0 Å². The molecule has 2 heterocycles. The fourth-order valence-electron chi connectivity index (χ4n) is 3.43. The maximum atomic E-state index is 13.1. The molecule has 1 fully saturated rings. The van der Waals surface area contributed by atoms with Gasteiger partial charge >= 0.3 is 0 Å². The molecule has 3 aromatic rings. The zero-order chi connectivity index (χ0) is 20.2. The van der Waals surface area contributed by atoms with Crippen LogP contribution in [0.2, 0.25) is 0 Å². The smallest absolute Gasteiger partial charge is 0.229 e. The average molecular weight is 394 g/mol. The number of aromatic nitrogens is 2. The van der Waals surface area contributed by atoms with Gasteiger partial charge in [0.2, 0.25) is 11.9 Å². The van der Waals surface area contributed by atoms with Gasteiger partial charge in [-0.15, -0.1) is 0 Å². The number of amides is 1. The fraction of sp³-hybridized carbons (Fsp3) is 0.227. The molecule has 4 rings (SSSR count). The lowest BCUT2D eigenvalue weighted by atomic mass is 9.97. The van der Waals surface area contributed by atoms with Crippen molar-refractivity contribution in [3.8, 4) is 11.1 Å². The van der Waals surface area contributed by atoms with E-state index in [0.717, 1.165) is 30.5 Å². The quantitative estimate of drug-likeness (QED) is 0.718. The van der Waals surface area contributed by atoms with Crippen LogP contribution in [0.4, 0.5) is 20.4 Å². The fourth-order valence-corrected chi connectivity index (χ4v) is 3.43. The minimum absolute atomic E-state index is 0.0933. The highest BCUT2D eigenvalue weighted by Crippen LogP contribution is 2.24. The number of benzene rings is 2. The highest BCUT2D eigenvalue weighted by atomic mass is 19.1. The van der Waals surface area contributed by atoms with E-state index in [4.69, 9.17) is 0 Å². The minimum atomic E-state index is -0.340. The van der Waals surface area contributed by atoms with Crippen LogP contribution in [0, 0.1) is 17.6 Å². The summed E-state index contributed by atoms with van der Waals surface area (Å²) in [5, 5.41) is 2.84. The summed E-state index contributed by atoms with van der Waals surface area (Å²) in [6.07, 6.45) is 5.04. The van der Waals surface area contributed by atoms with Gasteiger partial charge in [0.1, 0.15) is 11.6 Å². The molecule has 1 aliphatic heterocycles. The van der Waals surface area contributed by atoms with E-state index in [2.05, 4.69) is 15.3 Å². The molecule has 148 valence electrons. The third-order valence-electron chi connectivity index (χ3n) is 5.00. The largest absolute Gasteiger partial charge is 0.340 e. The van der Waals surface area contributed by atoms with Gasteiger partial charge in [0.05, 0.1) is 5.92 Å². The van der Waals surface area contributed by atoms with Crippen molar-refractivity contribution < 1.29 is 13.6 Å². The second-order valence-corrected chi connectivity index (χ2v) is 7.06. The first-order valence-electron chi connectivity index (χ1n) is 9.48. The van der Waals surface area contributed by atoms with E-state index < -0.39 is 0 Å². The standard InChI is InChI=1S/C22H20F2N4O/c23-18-5-3-15(4-6-18)17-12-25-22(26-13-17)28-11-1-2-16(14-28)21(29)27-20-9-7-19(24)8-10-20/h3-10,12-13,16H,1-2,11,14H2,(H,27,29)/t16-/m0/s1. The summed E-state index contributed by atoms with van der Waals surface area (Å²) < 4.78 is 26.1. The molecule has 0 saturated carbocycles. The van der Waals surface area contributed by atoms with Crippen molar-refractivity contribution in [2.24, 2.45) is 5.92 Å². The van der Waals surface area contributed by atoms with Crippen molar-refractivity contribution in [3.05, 3.63) is 72.6 Å². The molecule has 29 heavy (non-hydrogen) atoms. The molecule has 1 amide bonds. The topological polar surface area (TPSA) is 58.1 Å². The molecule has 1 atom stereocenters. The van der Waals surface area contributed by atoms with Crippen LogP contribution in [0.15, 0.2) is 60.9 Å². The molecule has 7 heteroatoms. The molecular weight excluding hydrogens is 374 g/mol. The molecule has 0 radical (unpaired) electrons. The van der Waals surface area contributed by atoms with Gasteiger partial charge in [0.25, 0.3) is 0 Å². The first kappa shape index (κ1) is 19.0. The molecule has 0 unspecified atom stereocenters. The van der Waals surface area contributed by atoms with E-state index in [9.17, 15) is 13.6 Å². The first-order chi connectivity index (χ1) is 14.1. The van der Waals surface area contributed by atoms with E-state index in [1.165, 1.54) is 24.3 Å². The summed E-state index contributed by atoms with van der Waals surface area (Å²) in [4.78, 5) is 23.5. The number of hydrogen-bond donors (Lipinski definition) is 1. The van der Waals surface area contributed by atoms with Crippen molar-refractivity contribution >= 4 is 17.5 Å². The molecule has 2 aromatic carbocycles. The Morgan fingerprint density at radius 2 is 1.55 bits per heavy atom. The second-order valence-electron chi connectivity index (χ2n) is 7.06. The van der Waals surface area contributed by atoms with E-state index in [1.807, 2.05) is 4.90 Å². The Morgan fingerprint density at radius 3 is 2.21 bits per heavy atom. The van der Waals surface area contributed by atoms with Crippen molar-refractivity contribution in [2.75, 3.05) is 23.3 Å². The van der Waals surface area contributed by atoms with Crippen LogP contribution < -0.4 is 10.2 Å². The normalized spacial score (nSPS) is 16.5. The number of carbonyl (C=O) groups excluding carboxylic acids is 1. The summed E-state index contributed by atoms with van der Waals surface area (Å²) in [7, 11) is 0. The van der Waals surface area contributed by atoms with Gasteiger partial charge in [-0.25, -0.2) is 18.7 Å². The van der Waals surface area contributed by atoms with Gasteiger partial charge in [-0.05, 0) is 54.8 Å². The number of halogens is 2. The minimum Gasteiger partial charge on any atom is -0.340 e. The molecule has 0 aliphatic carbocycles. The van der Waals surface area contributed by atoms with Gasteiger partial charge in [-0.1, -0.05) is 12.1 Å². The highest BCUT2D eigenvalue weighted by Gasteiger charge is 2.27. The summed E-state index contributed by atoms with van der Waals surface area (Å²) in [5.74, 6) is -0.355. The Hall–Kier alpha value is -3.35. The third kappa shape index (κ3) is 4.56. The van der Waals surface area contributed by atoms with Crippen molar-refractivity contribution in [1.82, 2.24) is 9.97 Å². The van der Waals surface area contributed by atoms with E-state index in [-0.39, 0.29) is 23.5 Å². The van der Waals surface area contributed by atoms with Crippen LogP contribution in [-0.4, -0.2) is 29.0 Å². The zero-order valence-corrected chi connectivity index (χ0v) is 15.7.